The third kappa shape index (κ3) is 4.86. The van der Waals surface area contributed by atoms with Crippen LogP contribution in [0.5, 0.6) is 0 Å². The van der Waals surface area contributed by atoms with E-state index in [-0.39, 0.29) is 23.5 Å². The summed E-state index contributed by atoms with van der Waals surface area (Å²) in [5.41, 5.74) is 3.08. The first kappa shape index (κ1) is 23.1. The summed E-state index contributed by atoms with van der Waals surface area (Å²) in [6.07, 6.45) is 0.303. The first-order valence-corrected chi connectivity index (χ1v) is 10.8. The molecule has 0 fully saturated rings. The maximum absolute atomic E-state index is 14.3. The lowest BCUT2D eigenvalue weighted by atomic mass is 9.98. The van der Waals surface area contributed by atoms with Crippen molar-refractivity contribution >= 4 is 11.9 Å². The summed E-state index contributed by atoms with van der Waals surface area (Å²) in [5, 5.41) is 8.46. The molecule has 170 valence electrons. The number of benzene rings is 1. The zero-order valence-corrected chi connectivity index (χ0v) is 20.2. The monoisotopic (exact) mass is 430 g/mol. The lowest BCUT2D eigenvalue weighted by molar-refractivity contribution is 0.0160. The van der Waals surface area contributed by atoms with Gasteiger partial charge in [0.25, 0.3) is 0 Å². The average molecular weight is 431 g/mol. The van der Waals surface area contributed by atoms with E-state index in [2.05, 4.69) is 26.1 Å². The Morgan fingerprint density at radius 1 is 1.16 bits per heavy atom. The number of rotatable bonds is 2. The molecule has 0 saturated carbocycles. The third-order valence-corrected chi connectivity index (χ3v) is 5.26. The summed E-state index contributed by atoms with van der Waals surface area (Å²) in [6, 6.07) is 3.41. The van der Waals surface area contributed by atoms with Crippen molar-refractivity contribution in [3.8, 4) is 5.69 Å². The van der Waals surface area contributed by atoms with Crippen LogP contribution in [0, 0.1) is 19.7 Å². The number of fused-ring (bicyclic) bond motifs is 1. The summed E-state index contributed by atoms with van der Waals surface area (Å²) in [4.78, 5) is 14.6. The summed E-state index contributed by atoms with van der Waals surface area (Å²) < 4.78 is 21.7. The predicted molar refractivity (Wildman–Crippen MR) is 121 cm³/mol. The van der Waals surface area contributed by atoms with Crippen LogP contribution in [-0.2, 0) is 11.2 Å². The van der Waals surface area contributed by atoms with E-state index in [4.69, 9.17) is 9.84 Å². The maximum atomic E-state index is 14.3. The quantitative estimate of drug-likeness (QED) is 0.665. The molecule has 7 heteroatoms. The molecule has 1 aromatic heterocycles. The highest BCUT2D eigenvalue weighted by molar-refractivity contribution is 5.71. The minimum atomic E-state index is -0.559. The first-order chi connectivity index (χ1) is 14.2. The fourth-order valence-electron chi connectivity index (χ4n) is 3.95. The molecular weight excluding hydrogens is 395 g/mol. The number of hydrogen-bond acceptors (Lipinski definition) is 4. The topological polar surface area (TPSA) is 59.4 Å². The van der Waals surface area contributed by atoms with Crippen molar-refractivity contribution in [3.63, 3.8) is 0 Å². The molecule has 2 aromatic rings. The fourth-order valence-corrected chi connectivity index (χ4v) is 3.95. The Balaban J connectivity index is 2.11. The molecule has 0 aliphatic carbocycles. The lowest BCUT2D eigenvalue weighted by Crippen LogP contribution is -2.42. The van der Waals surface area contributed by atoms with Crippen molar-refractivity contribution < 1.29 is 13.9 Å². The number of anilines is 1. The van der Waals surface area contributed by atoms with Crippen LogP contribution in [0.2, 0.25) is 0 Å². The van der Waals surface area contributed by atoms with Gasteiger partial charge in [0.1, 0.15) is 17.2 Å². The molecule has 2 heterocycles. The van der Waals surface area contributed by atoms with E-state index in [0.29, 0.717) is 24.1 Å². The summed E-state index contributed by atoms with van der Waals surface area (Å²) >= 11 is 0. The fraction of sp³-hybridized carbons (Fsp3) is 0.583. The van der Waals surface area contributed by atoms with E-state index >= 15 is 0 Å². The zero-order valence-electron chi connectivity index (χ0n) is 20.2. The molecule has 1 aliphatic rings. The number of nitrogens with one attached hydrogen (secondary N) is 1. The van der Waals surface area contributed by atoms with Gasteiger partial charge in [-0.25, -0.2) is 13.9 Å². The summed E-state index contributed by atoms with van der Waals surface area (Å²) in [6.45, 7) is 17.9. The molecule has 1 aromatic carbocycles. The zero-order chi connectivity index (χ0) is 23.3. The first-order valence-electron chi connectivity index (χ1n) is 10.8. The second-order valence-corrected chi connectivity index (χ2v) is 10.5. The van der Waals surface area contributed by atoms with Gasteiger partial charge in [-0.3, -0.25) is 0 Å². The molecule has 6 nitrogen and oxygen atoms in total. The smallest absolute Gasteiger partial charge is 0.410 e. The molecule has 0 saturated heterocycles. The Hall–Kier alpha value is -2.57. The van der Waals surface area contributed by atoms with Crippen LogP contribution >= 0.6 is 0 Å². The lowest BCUT2D eigenvalue weighted by Gasteiger charge is -2.35. The number of carbonyl (C=O) groups excluding carboxylic acids is 1. The van der Waals surface area contributed by atoms with Crippen LogP contribution in [-0.4, -0.2) is 38.5 Å². The number of amides is 1. The van der Waals surface area contributed by atoms with Crippen molar-refractivity contribution in [1.82, 2.24) is 14.7 Å². The van der Waals surface area contributed by atoms with Crippen molar-refractivity contribution in [3.05, 3.63) is 40.3 Å². The second kappa shape index (κ2) is 7.84. The van der Waals surface area contributed by atoms with E-state index in [1.165, 1.54) is 0 Å². The number of hydrogen-bond donors (Lipinski definition) is 1. The van der Waals surface area contributed by atoms with Gasteiger partial charge in [-0.2, -0.15) is 5.10 Å². The highest BCUT2D eigenvalue weighted by Crippen LogP contribution is 2.38. The summed E-state index contributed by atoms with van der Waals surface area (Å²) in [7, 11) is 0. The van der Waals surface area contributed by atoms with Crippen molar-refractivity contribution in [1.29, 1.82) is 0 Å². The van der Waals surface area contributed by atoms with Crippen molar-refractivity contribution in [2.75, 3.05) is 11.9 Å². The molecule has 1 atom stereocenters. The second-order valence-electron chi connectivity index (χ2n) is 10.5. The number of nitrogens with zero attached hydrogens (tertiary/aromatic N) is 3. The van der Waals surface area contributed by atoms with Gasteiger partial charge < -0.3 is 15.0 Å². The van der Waals surface area contributed by atoms with Crippen LogP contribution in [0.25, 0.3) is 5.69 Å². The summed E-state index contributed by atoms with van der Waals surface area (Å²) in [5.74, 6) is 0.629. The van der Waals surface area contributed by atoms with Crippen LogP contribution in [0.3, 0.4) is 0 Å². The Morgan fingerprint density at radius 3 is 2.26 bits per heavy atom. The molecule has 0 unspecified atom stereocenters. The van der Waals surface area contributed by atoms with Gasteiger partial charge in [0, 0.05) is 24.1 Å². The highest BCUT2D eigenvalue weighted by Gasteiger charge is 2.36. The molecule has 0 radical (unpaired) electrons. The van der Waals surface area contributed by atoms with Gasteiger partial charge in [0.2, 0.25) is 0 Å². The van der Waals surface area contributed by atoms with E-state index in [1.54, 1.807) is 18.7 Å². The highest BCUT2D eigenvalue weighted by atomic mass is 19.1. The van der Waals surface area contributed by atoms with Crippen LogP contribution in [0.4, 0.5) is 15.0 Å². The Kier molecular flexibility index (Phi) is 5.84. The molecule has 0 spiro atoms. The molecule has 1 aliphatic heterocycles. The number of ether oxygens (including phenoxy) is 1. The molecule has 3 rings (SSSR count). The van der Waals surface area contributed by atoms with Crippen LogP contribution in [0.1, 0.15) is 76.9 Å². The van der Waals surface area contributed by atoms with E-state index in [9.17, 15) is 9.18 Å². The Morgan fingerprint density at radius 2 is 1.74 bits per heavy atom. The van der Waals surface area contributed by atoms with E-state index in [0.717, 1.165) is 22.8 Å². The number of aromatic nitrogens is 2. The van der Waals surface area contributed by atoms with E-state index in [1.807, 2.05) is 44.5 Å². The molecule has 31 heavy (non-hydrogen) atoms. The van der Waals surface area contributed by atoms with Gasteiger partial charge in [-0.05, 0) is 85.6 Å². The average Bonchev–Trinajstić information content (AvgIpc) is 2.95. The number of carbonyl (C=O) groups is 1. The van der Waals surface area contributed by atoms with E-state index < -0.39 is 5.60 Å². The minimum absolute atomic E-state index is 0.199. The van der Waals surface area contributed by atoms with Gasteiger partial charge in [-0.1, -0.05) is 0 Å². The Bertz CT molecular complexity index is 975. The Labute approximate surface area is 184 Å². The SMILES string of the molecule is Cc1cc(-n2nc3c(c2NC(C)(C)C)[C@H](C)N(C(=O)OC(C)(C)C)CC3)cc(C)c1F. The van der Waals surface area contributed by atoms with Crippen molar-refractivity contribution in [2.45, 2.75) is 85.9 Å². The predicted octanol–water partition coefficient (Wildman–Crippen LogP) is 5.69. The number of halogens is 1. The standard InChI is InChI=1S/C24H35FN4O2/c1-14-12-17(13-15(2)20(14)25)29-21(26-23(4,5)6)19-16(3)28(11-10-18(19)27-29)22(30)31-24(7,8)9/h12-13,16,26H,10-11H2,1-9H3/t16-/m0/s1. The van der Waals surface area contributed by atoms with Crippen molar-refractivity contribution in [2.24, 2.45) is 0 Å². The van der Waals surface area contributed by atoms with Gasteiger partial charge in [0.15, 0.2) is 0 Å². The normalized spacial score (nSPS) is 16.8. The molecule has 0 bridgehead atoms. The molecular formula is C24H35FN4O2. The maximum Gasteiger partial charge on any atom is 0.410 e. The van der Waals surface area contributed by atoms with Gasteiger partial charge in [-0.15, -0.1) is 0 Å². The van der Waals surface area contributed by atoms with Gasteiger partial charge in [0.05, 0.1) is 17.4 Å². The third-order valence-electron chi connectivity index (χ3n) is 5.26. The van der Waals surface area contributed by atoms with Crippen LogP contribution < -0.4 is 5.32 Å². The molecule has 1 N–H and O–H groups in total. The largest absolute Gasteiger partial charge is 0.444 e. The minimum Gasteiger partial charge on any atom is -0.444 e. The van der Waals surface area contributed by atoms with Crippen LogP contribution in [0.15, 0.2) is 12.1 Å². The number of aryl methyl sites for hydroxylation is 2. The molecule has 1 amide bonds. The van der Waals surface area contributed by atoms with Gasteiger partial charge >= 0.3 is 6.09 Å².